The minimum absolute atomic E-state index is 0.00877. The summed E-state index contributed by atoms with van der Waals surface area (Å²) < 4.78 is 6.13. The number of piperidine rings is 1. The van der Waals surface area contributed by atoms with E-state index in [4.69, 9.17) is 4.74 Å². The van der Waals surface area contributed by atoms with Crippen molar-refractivity contribution in [1.29, 1.82) is 0 Å². The average Bonchev–Trinajstić information content (AvgIpc) is 2.33. The Labute approximate surface area is 127 Å². The molecule has 0 aromatic heterocycles. The number of nitrogens with one attached hydrogen (secondary N) is 1. The summed E-state index contributed by atoms with van der Waals surface area (Å²) in [5.74, 6) is 0.170. The maximum atomic E-state index is 9.94. The topological polar surface area (TPSA) is 61.7 Å². The molecule has 1 aliphatic rings. The van der Waals surface area contributed by atoms with Gasteiger partial charge in [-0.1, -0.05) is 18.2 Å². The largest absolute Gasteiger partial charge is 0.508 e. The van der Waals surface area contributed by atoms with Crippen LogP contribution in [-0.2, 0) is 4.74 Å². The lowest BCUT2D eigenvalue weighted by Gasteiger charge is -2.47. The van der Waals surface area contributed by atoms with Gasteiger partial charge in [-0.2, -0.15) is 0 Å². The van der Waals surface area contributed by atoms with Crippen LogP contribution in [0.5, 0.6) is 5.75 Å². The number of ether oxygens (including phenoxy) is 1. The number of phenols is 1. The number of aliphatic hydroxyl groups is 1. The zero-order valence-corrected chi connectivity index (χ0v) is 13.4. The van der Waals surface area contributed by atoms with Crippen molar-refractivity contribution in [2.75, 3.05) is 6.61 Å². The molecule has 1 fully saturated rings. The van der Waals surface area contributed by atoms with Crippen LogP contribution in [0.1, 0.15) is 52.2 Å². The lowest BCUT2D eigenvalue weighted by molar-refractivity contribution is -0.0830. The van der Waals surface area contributed by atoms with Crippen LogP contribution in [-0.4, -0.2) is 34.0 Å². The quantitative estimate of drug-likeness (QED) is 0.799. The lowest BCUT2D eigenvalue weighted by Crippen LogP contribution is -2.59. The van der Waals surface area contributed by atoms with E-state index < -0.39 is 6.10 Å². The molecule has 3 N–H and O–H groups in total. The van der Waals surface area contributed by atoms with Crippen molar-refractivity contribution in [1.82, 2.24) is 5.32 Å². The summed E-state index contributed by atoms with van der Waals surface area (Å²) in [6, 6.07) is 7.03. The molecule has 0 aliphatic carbocycles. The van der Waals surface area contributed by atoms with E-state index in [1.165, 1.54) is 0 Å². The molecule has 21 heavy (non-hydrogen) atoms. The maximum Gasteiger partial charge on any atom is 0.121 e. The first kappa shape index (κ1) is 16.3. The van der Waals surface area contributed by atoms with E-state index in [9.17, 15) is 10.2 Å². The molecule has 0 amide bonds. The van der Waals surface area contributed by atoms with Crippen molar-refractivity contribution >= 4 is 0 Å². The summed E-state index contributed by atoms with van der Waals surface area (Å²) in [7, 11) is 0. The third-order valence-electron chi connectivity index (χ3n) is 3.96. The Bertz CT molecular complexity index is 469. The molecule has 4 nitrogen and oxygen atoms in total. The van der Waals surface area contributed by atoms with E-state index in [0.29, 0.717) is 5.56 Å². The summed E-state index contributed by atoms with van der Waals surface area (Å²) in [4.78, 5) is 0. The average molecular weight is 293 g/mol. The van der Waals surface area contributed by atoms with Crippen molar-refractivity contribution in [3.8, 4) is 5.75 Å². The Hall–Kier alpha value is -1.10. The molecule has 0 bridgehead atoms. The number of para-hydroxylation sites is 1. The fraction of sp³-hybridized carbons (Fsp3) is 0.647. The van der Waals surface area contributed by atoms with Crippen molar-refractivity contribution in [2.45, 2.75) is 63.8 Å². The van der Waals surface area contributed by atoms with Gasteiger partial charge < -0.3 is 20.3 Å². The Morgan fingerprint density at radius 2 is 1.76 bits per heavy atom. The van der Waals surface area contributed by atoms with Gasteiger partial charge in [-0.05, 0) is 46.6 Å². The van der Waals surface area contributed by atoms with E-state index in [0.717, 1.165) is 12.8 Å². The molecule has 1 saturated heterocycles. The highest BCUT2D eigenvalue weighted by Crippen LogP contribution is 2.35. The minimum Gasteiger partial charge on any atom is -0.508 e. The van der Waals surface area contributed by atoms with Gasteiger partial charge >= 0.3 is 0 Å². The van der Waals surface area contributed by atoms with Crippen molar-refractivity contribution in [3.05, 3.63) is 29.8 Å². The number of hydrogen-bond acceptors (Lipinski definition) is 4. The van der Waals surface area contributed by atoms with E-state index >= 15 is 0 Å². The molecule has 1 aromatic rings. The molecular formula is C17H27NO3. The Morgan fingerprint density at radius 3 is 2.29 bits per heavy atom. The van der Waals surface area contributed by atoms with Crippen LogP contribution in [0.25, 0.3) is 0 Å². The Balaban J connectivity index is 2.13. The first-order chi connectivity index (χ1) is 9.72. The summed E-state index contributed by atoms with van der Waals surface area (Å²) >= 11 is 0. The zero-order chi connectivity index (χ0) is 15.7. The van der Waals surface area contributed by atoms with Gasteiger partial charge in [0.25, 0.3) is 0 Å². The third-order valence-corrected chi connectivity index (χ3v) is 3.96. The number of benzene rings is 1. The molecule has 1 aromatic carbocycles. The molecular weight excluding hydrogens is 266 g/mol. The van der Waals surface area contributed by atoms with Gasteiger partial charge in [0.15, 0.2) is 0 Å². The number of phenolic OH excluding ortho intramolecular Hbond substituents is 1. The van der Waals surface area contributed by atoms with Crippen molar-refractivity contribution in [2.24, 2.45) is 0 Å². The monoisotopic (exact) mass is 293 g/mol. The van der Waals surface area contributed by atoms with Crippen LogP contribution in [0, 0.1) is 0 Å². The fourth-order valence-corrected chi connectivity index (χ4v) is 3.53. The second-order valence-corrected chi connectivity index (χ2v) is 7.29. The molecule has 4 heteroatoms. The number of hydrogen-bond donors (Lipinski definition) is 3. The van der Waals surface area contributed by atoms with Crippen LogP contribution in [0.3, 0.4) is 0 Å². The molecule has 0 radical (unpaired) electrons. The van der Waals surface area contributed by atoms with Crippen LogP contribution in [0.4, 0.5) is 0 Å². The van der Waals surface area contributed by atoms with Crippen molar-refractivity contribution in [3.63, 3.8) is 0 Å². The molecule has 1 atom stereocenters. The van der Waals surface area contributed by atoms with Gasteiger partial charge in [0.05, 0.1) is 12.7 Å². The second-order valence-electron chi connectivity index (χ2n) is 7.29. The van der Waals surface area contributed by atoms with Gasteiger partial charge in [0, 0.05) is 16.6 Å². The predicted molar refractivity (Wildman–Crippen MR) is 83.3 cm³/mol. The van der Waals surface area contributed by atoms with Crippen molar-refractivity contribution < 1.29 is 14.9 Å². The smallest absolute Gasteiger partial charge is 0.121 e. The summed E-state index contributed by atoms with van der Waals surface area (Å²) in [5, 5.41) is 23.2. The van der Waals surface area contributed by atoms with E-state index in [1.807, 2.05) is 6.07 Å². The Kier molecular flexibility index (Phi) is 4.61. The number of aliphatic hydroxyl groups excluding tert-OH is 1. The number of rotatable bonds is 4. The standard InChI is InChI=1S/C17H27NO3/c1-16(2)9-12(10-17(3,4)18-16)21-15(11-19)13-7-5-6-8-14(13)20/h5-8,12,15,18-20H,9-11H2,1-4H3. The highest BCUT2D eigenvalue weighted by Gasteiger charge is 2.39. The molecule has 1 heterocycles. The second kappa shape index (κ2) is 5.95. The first-order valence-electron chi connectivity index (χ1n) is 7.56. The predicted octanol–water partition coefficient (Wildman–Crippen LogP) is 2.75. The van der Waals surface area contributed by atoms with E-state index in [1.54, 1.807) is 18.2 Å². The number of aromatic hydroxyl groups is 1. The summed E-state index contributed by atoms with van der Waals surface area (Å²) in [6.45, 7) is 8.52. The van der Waals surface area contributed by atoms with Crippen LogP contribution >= 0.6 is 0 Å². The molecule has 1 unspecified atom stereocenters. The fourth-order valence-electron chi connectivity index (χ4n) is 3.53. The highest BCUT2D eigenvalue weighted by molar-refractivity contribution is 5.33. The third kappa shape index (κ3) is 4.19. The van der Waals surface area contributed by atoms with Gasteiger partial charge in [0.2, 0.25) is 0 Å². The van der Waals surface area contributed by atoms with E-state index in [-0.39, 0.29) is 29.5 Å². The van der Waals surface area contributed by atoms with Crippen LogP contribution in [0.15, 0.2) is 24.3 Å². The normalized spacial score (nSPS) is 22.9. The van der Waals surface area contributed by atoms with Gasteiger partial charge in [-0.25, -0.2) is 0 Å². The van der Waals surface area contributed by atoms with Gasteiger partial charge in [-0.15, -0.1) is 0 Å². The van der Waals surface area contributed by atoms with Gasteiger partial charge in [-0.3, -0.25) is 0 Å². The van der Waals surface area contributed by atoms with E-state index in [2.05, 4.69) is 33.0 Å². The lowest BCUT2D eigenvalue weighted by atomic mass is 9.81. The molecule has 118 valence electrons. The van der Waals surface area contributed by atoms with Crippen LogP contribution < -0.4 is 5.32 Å². The SMILES string of the molecule is CC1(C)CC(OC(CO)c2ccccc2O)CC(C)(C)N1. The first-order valence-corrected chi connectivity index (χ1v) is 7.56. The summed E-state index contributed by atoms with van der Waals surface area (Å²) in [5.41, 5.74) is 0.630. The molecule has 1 aliphatic heterocycles. The summed E-state index contributed by atoms with van der Waals surface area (Å²) in [6.07, 6.45) is 1.31. The maximum absolute atomic E-state index is 9.94. The molecule has 0 saturated carbocycles. The molecule has 0 spiro atoms. The van der Waals surface area contributed by atoms with Crippen LogP contribution in [0.2, 0.25) is 0 Å². The highest BCUT2D eigenvalue weighted by atomic mass is 16.5. The Morgan fingerprint density at radius 1 is 1.19 bits per heavy atom. The minimum atomic E-state index is -0.485. The van der Waals surface area contributed by atoms with Gasteiger partial charge in [0.1, 0.15) is 11.9 Å². The zero-order valence-electron chi connectivity index (χ0n) is 13.4. The molecule has 2 rings (SSSR count).